The van der Waals surface area contributed by atoms with Crippen molar-refractivity contribution in [2.45, 2.75) is 13.2 Å². The van der Waals surface area contributed by atoms with Gasteiger partial charge in [0.2, 0.25) is 5.91 Å². The Kier molecular flexibility index (Phi) is 7.37. The first kappa shape index (κ1) is 13.4. The predicted molar refractivity (Wildman–Crippen MR) is 54.0 cm³/mol. The fourth-order valence-electron chi connectivity index (χ4n) is 1.04. The molecule has 0 fully saturated rings. The lowest BCUT2D eigenvalue weighted by atomic mass is 10.4. The van der Waals surface area contributed by atoms with Crippen LogP contribution in [0.5, 0.6) is 0 Å². The highest BCUT2D eigenvalue weighted by atomic mass is 16.7. The summed E-state index contributed by atoms with van der Waals surface area (Å²) in [6.07, 6.45) is -0.278. The summed E-state index contributed by atoms with van der Waals surface area (Å²) in [7, 11) is 4.80. The molecule has 0 bridgehead atoms. The van der Waals surface area contributed by atoms with Crippen molar-refractivity contribution >= 4 is 5.91 Å². The fourth-order valence-corrected chi connectivity index (χ4v) is 1.04. The molecule has 0 atom stereocenters. The van der Waals surface area contributed by atoms with Crippen molar-refractivity contribution in [2.75, 3.05) is 40.9 Å². The Labute approximate surface area is 85.4 Å². The number of rotatable bonds is 7. The molecule has 0 saturated heterocycles. The molecule has 0 aromatic rings. The van der Waals surface area contributed by atoms with Gasteiger partial charge < -0.3 is 14.8 Å². The Bertz CT molecular complexity index is 160. The van der Waals surface area contributed by atoms with Gasteiger partial charge in [-0.3, -0.25) is 9.69 Å². The molecular formula is C9H20N2O3. The second kappa shape index (κ2) is 7.73. The van der Waals surface area contributed by atoms with Gasteiger partial charge in [-0.15, -0.1) is 0 Å². The molecule has 5 nitrogen and oxygen atoms in total. The Morgan fingerprint density at radius 2 is 2.00 bits per heavy atom. The van der Waals surface area contributed by atoms with Crippen molar-refractivity contribution in [1.82, 2.24) is 10.2 Å². The van der Waals surface area contributed by atoms with Gasteiger partial charge in [0, 0.05) is 27.8 Å². The number of nitrogens with zero attached hydrogens (tertiary/aromatic N) is 1. The molecule has 0 aromatic heterocycles. The van der Waals surface area contributed by atoms with E-state index in [0.29, 0.717) is 13.1 Å². The number of carbonyl (C=O) groups is 1. The fraction of sp³-hybridized carbons (Fsp3) is 0.889. The van der Waals surface area contributed by atoms with E-state index in [1.54, 1.807) is 21.3 Å². The third kappa shape index (κ3) is 5.16. The summed E-state index contributed by atoms with van der Waals surface area (Å²) in [5.41, 5.74) is 0. The second-order valence-corrected chi connectivity index (χ2v) is 2.90. The minimum absolute atomic E-state index is 0.00203. The van der Waals surface area contributed by atoms with Gasteiger partial charge >= 0.3 is 0 Å². The van der Waals surface area contributed by atoms with E-state index in [4.69, 9.17) is 9.47 Å². The van der Waals surface area contributed by atoms with Crippen molar-refractivity contribution in [3.63, 3.8) is 0 Å². The Balaban J connectivity index is 3.94. The van der Waals surface area contributed by atoms with Crippen LogP contribution in [0.1, 0.15) is 6.92 Å². The van der Waals surface area contributed by atoms with Gasteiger partial charge in [-0.25, -0.2) is 0 Å². The Morgan fingerprint density at radius 1 is 1.43 bits per heavy atom. The standard InChI is InChI=1S/C9H20N2O3/c1-5-11(6-8(12)10-2)7-9(13-3)14-4/h9H,5-7H2,1-4H3,(H,10,12). The largest absolute Gasteiger partial charge is 0.358 e. The lowest BCUT2D eigenvalue weighted by Gasteiger charge is -2.23. The normalized spacial score (nSPS) is 11.0. The van der Waals surface area contributed by atoms with Gasteiger partial charge in [0.1, 0.15) is 0 Å². The third-order valence-electron chi connectivity index (χ3n) is 2.03. The molecule has 0 heterocycles. The first-order chi connectivity index (χ1) is 6.67. The molecule has 14 heavy (non-hydrogen) atoms. The van der Waals surface area contributed by atoms with Gasteiger partial charge in [-0.1, -0.05) is 6.92 Å². The molecule has 0 unspecified atom stereocenters. The summed E-state index contributed by atoms with van der Waals surface area (Å²) in [5.74, 6) is -0.00203. The highest BCUT2D eigenvalue weighted by Crippen LogP contribution is 1.96. The van der Waals surface area contributed by atoms with Crippen LogP contribution in [-0.2, 0) is 14.3 Å². The smallest absolute Gasteiger partial charge is 0.233 e. The predicted octanol–water partition coefficient (Wildman–Crippen LogP) is -0.327. The molecule has 0 rings (SSSR count). The quantitative estimate of drug-likeness (QED) is 0.577. The van der Waals surface area contributed by atoms with Crippen LogP contribution in [-0.4, -0.2) is 58.0 Å². The minimum atomic E-state index is -0.278. The summed E-state index contributed by atoms with van der Waals surface area (Å²) >= 11 is 0. The molecular weight excluding hydrogens is 184 g/mol. The van der Waals surface area contributed by atoms with Crippen molar-refractivity contribution in [3.8, 4) is 0 Å². The molecule has 0 aliphatic rings. The lowest BCUT2D eigenvalue weighted by molar-refractivity contribution is -0.128. The Morgan fingerprint density at radius 3 is 2.36 bits per heavy atom. The first-order valence-corrected chi connectivity index (χ1v) is 4.66. The van der Waals surface area contributed by atoms with Crippen molar-refractivity contribution in [2.24, 2.45) is 0 Å². The van der Waals surface area contributed by atoms with Gasteiger partial charge in [0.15, 0.2) is 6.29 Å². The van der Waals surface area contributed by atoms with Crippen LogP contribution >= 0.6 is 0 Å². The number of carbonyl (C=O) groups excluding carboxylic acids is 1. The van der Waals surface area contributed by atoms with Crippen LogP contribution in [0.15, 0.2) is 0 Å². The number of hydrogen-bond acceptors (Lipinski definition) is 4. The zero-order valence-corrected chi connectivity index (χ0v) is 9.37. The minimum Gasteiger partial charge on any atom is -0.358 e. The monoisotopic (exact) mass is 204 g/mol. The number of hydrogen-bond donors (Lipinski definition) is 1. The van der Waals surface area contributed by atoms with Gasteiger partial charge in [0.05, 0.1) is 6.54 Å². The van der Waals surface area contributed by atoms with Gasteiger partial charge in [-0.2, -0.15) is 0 Å². The van der Waals surface area contributed by atoms with Gasteiger partial charge in [0.25, 0.3) is 0 Å². The Hall–Kier alpha value is -0.650. The summed E-state index contributed by atoms with van der Waals surface area (Å²) < 4.78 is 10.1. The van der Waals surface area contributed by atoms with Gasteiger partial charge in [-0.05, 0) is 6.54 Å². The number of amides is 1. The van der Waals surface area contributed by atoms with Crippen LogP contribution in [0.3, 0.4) is 0 Å². The molecule has 1 amide bonds. The van der Waals surface area contributed by atoms with Crippen LogP contribution in [0.4, 0.5) is 0 Å². The van der Waals surface area contributed by atoms with E-state index >= 15 is 0 Å². The third-order valence-corrected chi connectivity index (χ3v) is 2.03. The van der Waals surface area contributed by atoms with Crippen LogP contribution in [0.25, 0.3) is 0 Å². The van der Waals surface area contributed by atoms with Crippen molar-refractivity contribution in [1.29, 1.82) is 0 Å². The maximum atomic E-state index is 11.1. The average Bonchev–Trinajstić information content (AvgIpc) is 2.23. The first-order valence-electron chi connectivity index (χ1n) is 4.66. The number of methoxy groups -OCH3 is 2. The second-order valence-electron chi connectivity index (χ2n) is 2.90. The van der Waals surface area contributed by atoms with E-state index in [-0.39, 0.29) is 12.2 Å². The molecule has 0 aromatic carbocycles. The summed E-state index contributed by atoms with van der Waals surface area (Å²) in [4.78, 5) is 13.1. The molecule has 1 N–H and O–H groups in total. The van der Waals surface area contributed by atoms with Crippen molar-refractivity contribution in [3.05, 3.63) is 0 Å². The molecule has 0 radical (unpaired) electrons. The van der Waals surface area contributed by atoms with Crippen LogP contribution < -0.4 is 5.32 Å². The topological polar surface area (TPSA) is 50.8 Å². The van der Waals surface area contributed by atoms with E-state index in [1.807, 2.05) is 11.8 Å². The van der Waals surface area contributed by atoms with Crippen molar-refractivity contribution < 1.29 is 14.3 Å². The lowest BCUT2D eigenvalue weighted by Crippen LogP contribution is -2.40. The van der Waals surface area contributed by atoms with E-state index in [9.17, 15) is 4.79 Å². The summed E-state index contributed by atoms with van der Waals surface area (Å²) in [6.45, 7) is 3.75. The summed E-state index contributed by atoms with van der Waals surface area (Å²) in [6, 6.07) is 0. The average molecular weight is 204 g/mol. The van der Waals surface area contributed by atoms with E-state index in [1.165, 1.54) is 0 Å². The zero-order valence-electron chi connectivity index (χ0n) is 9.37. The van der Waals surface area contributed by atoms with Crippen LogP contribution in [0, 0.1) is 0 Å². The molecule has 0 spiro atoms. The molecule has 0 aliphatic carbocycles. The number of nitrogens with one attached hydrogen (secondary N) is 1. The van der Waals surface area contributed by atoms with E-state index in [2.05, 4.69) is 5.32 Å². The maximum Gasteiger partial charge on any atom is 0.233 e. The number of likely N-dealkylation sites (N-methyl/N-ethyl adjacent to an activating group) is 2. The van der Waals surface area contributed by atoms with E-state index in [0.717, 1.165) is 6.54 Å². The highest BCUT2D eigenvalue weighted by Gasteiger charge is 2.13. The zero-order chi connectivity index (χ0) is 11.0. The van der Waals surface area contributed by atoms with Crippen LogP contribution in [0.2, 0.25) is 0 Å². The molecule has 0 saturated carbocycles. The number of ether oxygens (including phenoxy) is 2. The molecule has 84 valence electrons. The highest BCUT2D eigenvalue weighted by molar-refractivity contribution is 5.77. The SMILES string of the molecule is CCN(CC(=O)NC)CC(OC)OC. The maximum absolute atomic E-state index is 11.1. The molecule has 5 heteroatoms. The van der Waals surface area contributed by atoms with E-state index < -0.39 is 0 Å². The summed E-state index contributed by atoms with van der Waals surface area (Å²) in [5, 5.41) is 2.58. The molecule has 0 aliphatic heterocycles.